The van der Waals surface area contributed by atoms with Gasteiger partial charge in [0.15, 0.2) is 0 Å². The van der Waals surface area contributed by atoms with Crippen LogP contribution in [0.3, 0.4) is 0 Å². The molecule has 1 fully saturated rings. The Morgan fingerprint density at radius 1 is 0.250 bits per heavy atom. The second kappa shape index (κ2) is 28.2. The van der Waals surface area contributed by atoms with Gasteiger partial charge in [-0.15, -0.1) is 0 Å². The molecule has 38 heteroatoms. The van der Waals surface area contributed by atoms with Crippen molar-refractivity contribution < 1.29 is 146 Å². The van der Waals surface area contributed by atoms with Crippen molar-refractivity contribution in [2.24, 2.45) is 0 Å². The largest absolute Gasteiger partial charge is 0.466 e. The van der Waals surface area contributed by atoms with Crippen molar-refractivity contribution in [2.45, 2.75) is 36.6 Å². The second-order valence-electron chi connectivity index (χ2n) is 6.02. The predicted molar refractivity (Wildman–Crippen MR) is 136 cm³/mol. The fourth-order valence-corrected chi connectivity index (χ4v) is 1.21. The van der Waals surface area contributed by atoms with Gasteiger partial charge < -0.3 is 119 Å². The van der Waals surface area contributed by atoms with Gasteiger partial charge in [0, 0.05) is 37.7 Å². The van der Waals surface area contributed by atoms with Crippen molar-refractivity contribution in [3.63, 3.8) is 0 Å². The summed E-state index contributed by atoms with van der Waals surface area (Å²) in [5, 5.41) is 53.8. The summed E-state index contributed by atoms with van der Waals surface area (Å²) < 4.78 is 53.3. The Morgan fingerprint density at radius 3 is 0.295 bits per heavy atom. The molecule has 1 aliphatic carbocycles. The van der Waals surface area contributed by atoms with E-state index >= 15 is 0 Å². The van der Waals surface area contributed by atoms with Gasteiger partial charge in [-0.1, -0.05) is 0 Å². The zero-order valence-electron chi connectivity index (χ0n) is 20.0. The van der Waals surface area contributed by atoms with E-state index in [1.807, 2.05) is 0 Å². The monoisotopic (exact) mass is 834 g/mol. The first kappa shape index (κ1) is 64.9. The number of rotatable bonds is 0. The van der Waals surface area contributed by atoms with Gasteiger partial charge in [0.1, 0.15) is 36.6 Å². The molecule has 0 spiro atoms. The van der Waals surface area contributed by atoms with Gasteiger partial charge >= 0.3 is 70.0 Å². The molecule has 1 saturated carbocycles. The van der Waals surface area contributed by atoms with Crippen LogP contribution in [-0.2, 0) is 27.4 Å². The average molecular weight is 835 g/mol. The molecule has 0 aromatic carbocycles. The predicted octanol–water partition coefficient (Wildman–Crippen LogP) is -10.7. The molecule has 0 aliphatic heterocycles. The molecule has 0 bridgehead atoms. The summed E-state index contributed by atoms with van der Waals surface area (Å²) in [6, 6.07) is 0. The standard InChI is InChI=1S/C6H12O6.Ca.Mg.6H3O4P.2H/c7-1-2(8)4(10)6(12)5(11)3(1)9;;;6*1-5(2,3)4;;/h1-12H;;;6*(H3,1,2,3,4);;. The van der Waals surface area contributed by atoms with Crippen LogP contribution in [0.15, 0.2) is 0 Å². The molecular formula is C6H32CaMgO30P6. The molecule has 0 unspecified atom stereocenters. The van der Waals surface area contributed by atoms with Crippen molar-refractivity contribution in [3.8, 4) is 0 Å². The van der Waals surface area contributed by atoms with E-state index in [0.717, 1.165) is 0 Å². The van der Waals surface area contributed by atoms with Crippen LogP contribution in [0.5, 0.6) is 0 Å². The maximum Gasteiger partial charge on any atom is 0.466 e. The van der Waals surface area contributed by atoms with E-state index in [0.29, 0.717) is 0 Å². The van der Waals surface area contributed by atoms with Crippen molar-refractivity contribution in [2.75, 3.05) is 0 Å². The van der Waals surface area contributed by atoms with Gasteiger partial charge in [-0.2, -0.15) is 0 Å². The molecule has 270 valence electrons. The minimum absolute atomic E-state index is 0. The molecule has 0 aromatic heterocycles. The first-order chi connectivity index (χ1) is 17.5. The zero-order valence-corrected chi connectivity index (χ0v) is 27.6. The third-order valence-corrected chi connectivity index (χ3v) is 2.10. The minimum Gasteiger partial charge on any atom is -0.387 e. The van der Waals surface area contributed by atoms with E-state index in [9.17, 15) is 0 Å². The van der Waals surface area contributed by atoms with Crippen LogP contribution in [0.2, 0.25) is 0 Å². The van der Waals surface area contributed by atoms with E-state index in [1.165, 1.54) is 0 Å². The number of phosphoric acid groups is 6. The van der Waals surface area contributed by atoms with Crippen LogP contribution in [0, 0.1) is 0 Å². The zero-order chi connectivity index (χ0) is 36.5. The van der Waals surface area contributed by atoms with E-state index < -0.39 is 83.6 Å². The summed E-state index contributed by atoms with van der Waals surface area (Å²) in [5.74, 6) is 0. The van der Waals surface area contributed by atoms with E-state index in [4.69, 9.17) is 146 Å². The van der Waals surface area contributed by atoms with Crippen molar-refractivity contribution in [1.29, 1.82) is 0 Å². The Bertz CT molecular complexity index is 707. The maximum absolute atomic E-state index is 8.97. The summed E-state index contributed by atoms with van der Waals surface area (Å²) >= 11 is 0. The van der Waals surface area contributed by atoms with Gasteiger partial charge in [0.05, 0.1) is 0 Å². The van der Waals surface area contributed by atoms with Crippen LogP contribution < -0.4 is 0 Å². The van der Waals surface area contributed by atoms with Crippen LogP contribution in [0.1, 0.15) is 0 Å². The number of hydrogen-bond donors (Lipinski definition) is 24. The smallest absolute Gasteiger partial charge is 0.387 e. The van der Waals surface area contributed by atoms with E-state index in [1.54, 1.807) is 0 Å². The normalized spacial score (nSPS) is 23.2. The molecule has 0 heterocycles. The minimum atomic E-state index is -4.64. The first-order valence-corrected chi connectivity index (χ1v) is 17.6. The van der Waals surface area contributed by atoms with E-state index in [2.05, 4.69) is 0 Å². The Balaban J connectivity index is -0.0000000594. The number of hydrogen-bond acceptors (Lipinski definition) is 12. The fraction of sp³-hybridized carbons (Fsp3) is 1.00. The molecule has 1 aliphatic rings. The molecule has 44 heavy (non-hydrogen) atoms. The summed E-state index contributed by atoms with van der Waals surface area (Å²) in [7, 11) is -27.8. The maximum atomic E-state index is 8.97. The first-order valence-electron chi connectivity index (χ1n) is 8.24. The van der Waals surface area contributed by atoms with Crippen LogP contribution in [0.25, 0.3) is 0 Å². The Labute approximate surface area is 288 Å². The number of aliphatic hydroxyl groups is 6. The van der Waals surface area contributed by atoms with Crippen LogP contribution >= 0.6 is 46.9 Å². The van der Waals surface area contributed by atoms with Crippen LogP contribution in [0.4, 0.5) is 0 Å². The third kappa shape index (κ3) is 120. The third-order valence-electron chi connectivity index (χ3n) is 2.10. The van der Waals surface area contributed by atoms with Gasteiger partial charge in [-0.05, 0) is 0 Å². The van der Waals surface area contributed by atoms with Crippen molar-refractivity contribution in [1.82, 2.24) is 0 Å². The summed E-state index contributed by atoms with van der Waals surface area (Å²) in [6.07, 6.45) is -9.84. The summed E-state index contributed by atoms with van der Waals surface area (Å²) in [4.78, 5) is 129. The van der Waals surface area contributed by atoms with Crippen molar-refractivity contribution >= 4 is 108 Å². The van der Waals surface area contributed by atoms with Gasteiger partial charge in [0.25, 0.3) is 0 Å². The van der Waals surface area contributed by atoms with E-state index in [-0.39, 0.29) is 60.8 Å². The average Bonchev–Trinajstić information content (AvgIpc) is 2.55. The SMILES string of the molecule is O=P(O)(O)O.O=P(O)(O)O.O=P(O)(O)O.O=P(O)(O)O.O=P(O)(O)O.O=P(O)(O)O.OC1C(O)C(O)C(O)C(O)C1O.[Ca].[MgH2]. The summed E-state index contributed by atoms with van der Waals surface area (Å²) in [5.41, 5.74) is 0. The molecule has 30 nitrogen and oxygen atoms in total. The fourth-order valence-electron chi connectivity index (χ4n) is 1.21. The Hall–Kier alpha value is 2.45. The topological polar surface area (TPSA) is 588 Å². The second-order valence-corrected chi connectivity index (χ2v) is 12.2. The Morgan fingerprint density at radius 2 is 0.273 bits per heavy atom. The summed E-state index contributed by atoms with van der Waals surface area (Å²) in [6.45, 7) is 0. The number of aliphatic hydroxyl groups excluding tert-OH is 6. The molecule has 24 N–H and O–H groups in total. The molecule has 0 aromatic rings. The molecule has 0 saturated heterocycles. The molecule has 2 radical (unpaired) electrons. The van der Waals surface area contributed by atoms with Crippen molar-refractivity contribution in [3.05, 3.63) is 0 Å². The molecule has 0 amide bonds. The van der Waals surface area contributed by atoms with Gasteiger partial charge in [-0.25, -0.2) is 27.4 Å². The van der Waals surface area contributed by atoms with Crippen LogP contribution in [-0.4, -0.2) is 216 Å². The molecular weight excluding hydrogens is 802 g/mol. The Kier molecular flexibility index (Phi) is 41.6. The molecule has 1 rings (SSSR count). The van der Waals surface area contributed by atoms with Gasteiger partial charge in [0.2, 0.25) is 0 Å². The quantitative estimate of drug-likeness (QED) is 0.0795. The van der Waals surface area contributed by atoms with Gasteiger partial charge in [-0.3, -0.25) is 0 Å². The molecule has 0 atom stereocenters.